The van der Waals surface area contributed by atoms with Gasteiger partial charge in [0, 0.05) is 37.2 Å². The molecule has 1 aliphatic rings. The van der Waals surface area contributed by atoms with Gasteiger partial charge in [0.25, 0.3) is 0 Å². The molecule has 2 unspecified atom stereocenters. The van der Waals surface area contributed by atoms with Gasteiger partial charge in [0.1, 0.15) is 6.33 Å². The lowest BCUT2D eigenvalue weighted by atomic mass is 9.58. The molecular formula is C21H32N6O. The molecule has 28 heavy (non-hydrogen) atoms. The molecule has 0 amide bonds. The molecule has 0 radical (unpaired) electrons. The highest BCUT2D eigenvalue weighted by Crippen LogP contribution is 2.48. The number of nitrogens with zero attached hydrogens (tertiary/aromatic N) is 3. The Bertz CT molecular complexity index is 769. The van der Waals surface area contributed by atoms with Crippen molar-refractivity contribution in [2.24, 2.45) is 10.4 Å². The summed E-state index contributed by atoms with van der Waals surface area (Å²) in [4.78, 5) is 8.65. The summed E-state index contributed by atoms with van der Waals surface area (Å²) in [7, 11) is 1.82. The van der Waals surface area contributed by atoms with Gasteiger partial charge in [0.2, 0.25) is 0 Å². The first-order chi connectivity index (χ1) is 13.7. The molecule has 7 heteroatoms. The number of aromatic nitrogens is 3. The topological polar surface area (TPSA) is 87.2 Å². The van der Waals surface area contributed by atoms with Crippen molar-refractivity contribution < 1.29 is 4.74 Å². The van der Waals surface area contributed by atoms with Crippen molar-refractivity contribution in [3.05, 3.63) is 36.2 Å². The quantitative estimate of drug-likeness (QED) is 0.481. The van der Waals surface area contributed by atoms with E-state index in [1.54, 1.807) is 0 Å². The minimum Gasteiger partial charge on any atom is -0.378 e. The predicted octanol–water partition coefficient (Wildman–Crippen LogP) is 3.12. The molecule has 0 aliphatic heterocycles. The predicted molar refractivity (Wildman–Crippen MR) is 112 cm³/mol. The maximum Gasteiger partial charge on any atom is 0.191 e. The third-order valence-corrected chi connectivity index (χ3v) is 6.08. The molecule has 3 rings (SSSR count). The zero-order valence-electron chi connectivity index (χ0n) is 17.3. The number of rotatable bonds is 8. The van der Waals surface area contributed by atoms with E-state index in [2.05, 4.69) is 63.7 Å². The first-order valence-electron chi connectivity index (χ1n) is 10.2. The van der Waals surface area contributed by atoms with Crippen LogP contribution >= 0.6 is 0 Å². The van der Waals surface area contributed by atoms with Gasteiger partial charge in [-0.25, -0.2) is 4.98 Å². The van der Waals surface area contributed by atoms with E-state index in [1.165, 1.54) is 6.33 Å². The Hall–Kier alpha value is -2.41. The Labute approximate surface area is 167 Å². The van der Waals surface area contributed by atoms with Crippen LogP contribution in [0.2, 0.25) is 0 Å². The fourth-order valence-corrected chi connectivity index (χ4v) is 4.30. The van der Waals surface area contributed by atoms with Crippen molar-refractivity contribution in [3.63, 3.8) is 0 Å². The standard InChI is InChI=1S/C21H32N6O/c1-5-21(6-2)17(12-18(21)28-7-3)26-20(22-4)23-13-15-9-8-10-16(11-15)19-24-14-25-27-19/h8-11,14,17-18H,5-7,12-13H2,1-4H3,(H2,22,23,26)(H,24,25,27). The summed E-state index contributed by atoms with van der Waals surface area (Å²) in [6.45, 7) is 8.05. The number of hydrogen-bond donors (Lipinski definition) is 3. The number of benzene rings is 1. The van der Waals surface area contributed by atoms with E-state index in [0.717, 1.165) is 48.8 Å². The molecule has 3 N–H and O–H groups in total. The SMILES string of the molecule is CCOC1CC(NC(=NC)NCc2cccc(-c3ncn[nH]3)c2)C1(CC)CC. The van der Waals surface area contributed by atoms with Crippen LogP contribution in [-0.4, -0.2) is 46.9 Å². The van der Waals surface area contributed by atoms with Crippen molar-refractivity contribution in [1.82, 2.24) is 25.8 Å². The third-order valence-electron chi connectivity index (χ3n) is 6.08. The van der Waals surface area contributed by atoms with Gasteiger partial charge in [0.05, 0.1) is 6.10 Å². The maximum atomic E-state index is 5.98. The molecule has 1 heterocycles. The van der Waals surface area contributed by atoms with Crippen molar-refractivity contribution in [1.29, 1.82) is 0 Å². The lowest BCUT2D eigenvalue weighted by Gasteiger charge is -2.55. The van der Waals surface area contributed by atoms with Gasteiger partial charge < -0.3 is 15.4 Å². The van der Waals surface area contributed by atoms with Crippen LogP contribution in [0.5, 0.6) is 0 Å². The molecular weight excluding hydrogens is 352 g/mol. The van der Waals surface area contributed by atoms with Crippen LogP contribution in [-0.2, 0) is 11.3 Å². The zero-order valence-corrected chi connectivity index (χ0v) is 17.3. The Kier molecular flexibility index (Phi) is 6.67. The van der Waals surface area contributed by atoms with Gasteiger partial charge in [-0.15, -0.1) is 0 Å². The Morgan fingerprint density at radius 2 is 2.14 bits per heavy atom. The first-order valence-corrected chi connectivity index (χ1v) is 10.2. The van der Waals surface area contributed by atoms with Crippen molar-refractivity contribution in [3.8, 4) is 11.4 Å². The van der Waals surface area contributed by atoms with E-state index < -0.39 is 0 Å². The minimum atomic E-state index is 0.180. The number of aromatic amines is 1. The molecule has 1 saturated carbocycles. The molecule has 2 aromatic rings. The molecule has 2 atom stereocenters. The third kappa shape index (κ3) is 4.04. The highest BCUT2D eigenvalue weighted by Gasteiger charge is 2.53. The Morgan fingerprint density at radius 3 is 2.79 bits per heavy atom. The first kappa shape index (κ1) is 20.3. The monoisotopic (exact) mass is 384 g/mol. The van der Waals surface area contributed by atoms with Crippen molar-refractivity contribution in [2.75, 3.05) is 13.7 Å². The molecule has 1 fully saturated rings. The van der Waals surface area contributed by atoms with E-state index >= 15 is 0 Å². The van der Waals surface area contributed by atoms with Crippen LogP contribution in [0, 0.1) is 5.41 Å². The van der Waals surface area contributed by atoms with Gasteiger partial charge in [-0.1, -0.05) is 32.0 Å². The van der Waals surface area contributed by atoms with E-state index in [4.69, 9.17) is 4.74 Å². The summed E-state index contributed by atoms with van der Waals surface area (Å²) in [5.41, 5.74) is 2.36. The lowest BCUT2D eigenvalue weighted by Crippen LogP contribution is -2.65. The van der Waals surface area contributed by atoms with E-state index in [1.807, 2.05) is 19.2 Å². The average molecular weight is 385 g/mol. The van der Waals surface area contributed by atoms with Crippen LogP contribution in [0.1, 0.15) is 45.6 Å². The molecule has 1 aromatic carbocycles. The molecule has 152 valence electrons. The number of hydrogen-bond acceptors (Lipinski definition) is 4. The second-order valence-corrected chi connectivity index (χ2v) is 7.28. The van der Waals surface area contributed by atoms with Gasteiger partial charge in [-0.05, 0) is 37.8 Å². The number of guanidine groups is 1. The van der Waals surface area contributed by atoms with Gasteiger partial charge in [0.15, 0.2) is 11.8 Å². The van der Waals surface area contributed by atoms with Crippen LogP contribution in [0.4, 0.5) is 0 Å². The van der Waals surface area contributed by atoms with Crippen LogP contribution in [0.3, 0.4) is 0 Å². The molecule has 0 bridgehead atoms. The minimum absolute atomic E-state index is 0.180. The summed E-state index contributed by atoms with van der Waals surface area (Å²) in [6, 6.07) is 8.64. The fourth-order valence-electron chi connectivity index (χ4n) is 4.30. The van der Waals surface area contributed by atoms with Gasteiger partial charge in [-0.2, -0.15) is 5.10 Å². The smallest absolute Gasteiger partial charge is 0.191 e. The van der Waals surface area contributed by atoms with Gasteiger partial charge >= 0.3 is 0 Å². The van der Waals surface area contributed by atoms with E-state index in [-0.39, 0.29) is 5.41 Å². The second kappa shape index (κ2) is 9.19. The Morgan fingerprint density at radius 1 is 1.32 bits per heavy atom. The van der Waals surface area contributed by atoms with Crippen LogP contribution < -0.4 is 10.6 Å². The lowest BCUT2D eigenvalue weighted by molar-refractivity contribution is -0.133. The molecule has 1 aliphatic carbocycles. The number of ether oxygens (including phenoxy) is 1. The normalized spacial score (nSPS) is 21.2. The maximum absolute atomic E-state index is 5.98. The van der Waals surface area contributed by atoms with Crippen molar-refractivity contribution in [2.45, 2.75) is 58.7 Å². The summed E-state index contributed by atoms with van der Waals surface area (Å²) in [6.07, 6.45) is 5.08. The number of nitrogens with one attached hydrogen (secondary N) is 3. The summed E-state index contributed by atoms with van der Waals surface area (Å²) >= 11 is 0. The second-order valence-electron chi connectivity index (χ2n) is 7.28. The fraction of sp³-hybridized carbons (Fsp3) is 0.571. The molecule has 7 nitrogen and oxygen atoms in total. The summed E-state index contributed by atoms with van der Waals surface area (Å²) in [5.74, 6) is 1.60. The summed E-state index contributed by atoms with van der Waals surface area (Å²) in [5, 5.41) is 13.9. The summed E-state index contributed by atoms with van der Waals surface area (Å²) < 4.78 is 5.98. The van der Waals surface area contributed by atoms with Gasteiger partial charge in [-0.3, -0.25) is 10.1 Å². The van der Waals surface area contributed by atoms with E-state index in [9.17, 15) is 0 Å². The van der Waals surface area contributed by atoms with Crippen LogP contribution in [0.15, 0.2) is 35.6 Å². The highest BCUT2D eigenvalue weighted by atomic mass is 16.5. The van der Waals surface area contributed by atoms with Crippen LogP contribution in [0.25, 0.3) is 11.4 Å². The largest absolute Gasteiger partial charge is 0.378 e. The van der Waals surface area contributed by atoms with E-state index in [0.29, 0.717) is 18.7 Å². The van der Waals surface area contributed by atoms with Crippen molar-refractivity contribution >= 4 is 5.96 Å². The average Bonchev–Trinajstić information content (AvgIpc) is 3.26. The molecule has 1 aromatic heterocycles. The molecule has 0 saturated heterocycles. The number of aliphatic imine (C=N–C) groups is 1. The molecule has 0 spiro atoms. The zero-order chi connectivity index (χ0) is 20.0. The highest BCUT2D eigenvalue weighted by molar-refractivity contribution is 5.80. The Balaban J connectivity index is 1.61. The number of H-pyrrole nitrogens is 1.